The van der Waals surface area contributed by atoms with E-state index in [0.29, 0.717) is 0 Å². The summed E-state index contributed by atoms with van der Waals surface area (Å²) >= 11 is 0. The number of pyridine rings is 1. The van der Waals surface area contributed by atoms with Crippen LogP contribution in [0, 0.1) is 0 Å². The van der Waals surface area contributed by atoms with E-state index in [2.05, 4.69) is 91.0 Å². The first kappa shape index (κ1) is 19.3. The maximum Gasteiger partial charge on any atom is 0.143 e. The van der Waals surface area contributed by atoms with Crippen LogP contribution in [0.25, 0.3) is 55.8 Å². The first-order valence-corrected chi connectivity index (χ1v) is 11.1. The fourth-order valence-corrected chi connectivity index (χ4v) is 4.32. The number of furan rings is 1. The predicted octanol–water partition coefficient (Wildman–Crippen LogP) is 8.50. The molecule has 6 aromatic rings. The van der Waals surface area contributed by atoms with Gasteiger partial charge in [0.25, 0.3) is 0 Å². The summed E-state index contributed by atoms with van der Waals surface area (Å²) in [5, 5.41) is 1.02. The normalized spacial score (nSPS) is 11.0. The van der Waals surface area contributed by atoms with E-state index < -0.39 is 0 Å². The topological polar surface area (TPSA) is 26.0 Å². The van der Waals surface area contributed by atoms with Crippen molar-refractivity contribution in [3.8, 4) is 44.8 Å². The fraction of sp³-hybridized carbons (Fsp3) is 0. The highest BCUT2D eigenvalue weighted by atomic mass is 16.3. The molecule has 2 heterocycles. The number of aromatic nitrogens is 1. The highest BCUT2D eigenvalue weighted by Crippen LogP contribution is 2.41. The first-order chi connectivity index (χ1) is 16.4. The van der Waals surface area contributed by atoms with Crippen molar-refractivity contribution in [1.29, 1.82) is 0 Å². The Labute approximate surface area is 192 Å². The minimum Gasteiger partial charge on any atom is -0.455 e. The summed E-state index contributed by atoms with van der Waals surface area (Å²) in [7, 11) is 0. The van der Waals surface area contributed by atoms with Crippen molar-refractivity contribution >= 4 is 11.0 Å². The molecule has 33 heavy (non-hydrogen) atoms. The first-order valence-electron chi connectivity index (χ1n) is 11.1. The van der Waals surface area contributed by atoms with E-state index in [1.165, 1.54) is 11.1 Å². The Morgan fingerprint density at radius 1 is 0.485 bits per heavy atom. The third kappa shape index (κ3) is 3.62. The summed E-state index contributed by atoms with van der Waals surface area (Å²) in [5.74, 6) is 0.869. The number of benzene rings is 4. The van der Waals surface area contributed by atoms with Gasteiger partial charge in [0.1, 0.15) is 11.3 Å². The van der Waals surface area contributed by atoms with Crippen LogP contribution in [-0.2, 0) is 0 Å². The van der Waals surface area contributed by atoms with Crippen LogP contribution in [0.15, 0.2) is 132 Å². The minimum atomic E-state index is 0.836. The van der Waals surface area contributed by atoms with Crippen molar-refractivity contribution < 1.29 is 4.42 Å². The van der Waals surface area contributed by atoms with E-state index in [-0.39, 0.29) is 0 Å². The van der Waals surface area contributed by atoms with Crippen LogP contribution >= 0.6 is 0 Å². The molecule has 156 valence electrons. The third-order valence-electron chi connectivity index (χ3n) is 5.94. The summed E-state index contributed by atoms with van der Waals surface area (Å²) in [6.07, 6.45) is 1.94. The Hall–Kier alpha value is -4.43. The number of hydrogen-bond donors (Lipinski definition) is 0. The summed E-state index contributed by atoms with van der Waals surface area (Å²) in [6, 6.07) is 41.6. The van der Waals surface area contributed by atoms with Crippen molar-refractivity contribution in [3.05, 3.63) is 128 Å². The van der Waals surface area contributed by atoms with Crippen LogP contribution in [0.2, 0.25) is 0 Å². The average molecular weight is 424 g/mol. The van der Waals surface area contributed by atoms with Crippen LogP contribution in [0.1, 0.15) is 0 Å². The van der Waals surface area contributed by atoms with Crippen molar-refractivity contribution in [2.75, 3.05) is 0 Å². The second-order valence-corrected chi connectivity index (χ2v) is 8.05. The molecule has 0 fully saturated rings. The van der Waals surface area contributed by atoms with Crippen molar-refractivity contribution in [2.45, 2.75) is 0 Å². The van der Waals surface area contributed by atoms with E-state index in [4.69, 9.17) is 9.40 Å². The largest absolute Gasteiger partial charge is 0.455 e. The zero-order valence-corrected chi connectivity index (χ0v) is 18.0. The summed E-state index contributed by atoms with van der Waals surface area (Å²) in [5.41, 5.74) is 8.42. The van der Waals surface area contributed by atoms with Crippen molar-refractivity contribution in [3.63, 3.8) is 0 Å². The van der Waals surface area contributed by atoms with E-state index in [9.17, 15) is 0 Å². The monoisotopic (exact) mass is 423 g/mol. The molecule has 0 bridgehead atoms. The maximum atomic E-state index is 6.48. The lowest BCUT2D eigenvalue weighted by molar-refractivity contribution is 0.632. The van der Waals surface area contributed by atoms with Gasteiger partial charge >= 0.3 is 0 Å². The van der Waals surface area contributed by atoms with Gasteiger partial charge in [0.15, 0.2) is 0 Å². The minimum absolute atomic E-state index is 0.836. The second-order valence-electron chi connectivity index (χ2n) is 8.05. The Morgan fingerprint density at radius 3 is 1.76 bits per heavy atom. The highest BCUT2D eigenvalue weighted by molar-refractivity contribution is 6.02. The van der Waals surface area contributed by atoms with E-state index in [1.54, 1.807) is 0 Å². The fourth-order valence-electron chi connectivity index (χ4n) is 4.32. The number of hydrogen-bond acceptors (Lipinski definition) is 2. The van der Waals surface area contributed by atoms with Gasteiger partial charge in [-0.1, -0.05) is 109 Å². The third-order valence-corrected chi connectivity index (χ3v) is 5.94. The zero-order valence-electron chi connectivity index (χ0n) is 18.0. The molecule has 2 aromatic heterocycles. The zero-order chi connectivity index (χ0) is 22.0. The lowest BCUT2D eigenvalue weighted by atomic mass is 9.98. The lowest BCUT2D eigenvalue weighted by Crippen LogP contribution is -1.85. The molecule has 2 nitrogen and oxygen atoms in total. The molecule has 0 saturated carbocycles. The van der Waals surface area contributed by atoms with Gasteiger partial charge in [-0.15, -0.1) is 0 Å². The molecule has 6 rings (SSSR count). The molecule has 0 N–H and O–H groups in total. The molecule has 0 aliphatic heterocycles. The Balaban J connectivity index is 1.51. The molecule has 0 unspecified atom stereocenters. The summed E-state index contributed by atoms with van der Waals surface area (Å²) < 4.78 is 6.48. The number of fused-ring (bicyclic) bond motifs is 1. The highest BCUT2D eigenvalue weighted by Gasteiger charge is 2.18. The van der Waals surface area contributed by atoms with Crippen LogP contribution in [0.3, 0.4) is 0 Å². The van der Waals surface area contributed by atoms with E-state index in [1.807, 2.05) is 36.5 Å². The maximum absolute atomic E-state index is 6.48. The standard InChI is InChI=1S/C31H21NO/c1-4-11-22(12-5-1)25-17-10-18-26(19-25)28-20-29-27(21-32-28)30(23-13-6-2-7-14-23)31(33-29)24-15-8-3-9-16-24/h1-21H. The molecule has 0 aliphatic carbocycles. The Bertz CT molecular complexity index is 1530. The molecule has 0 radical (unpaired) electrons. The van der Waals surface area contributed by atoms with Gasteiger partial charge in [0, 0.05) is 34.3 Å². The second kappa shape index (κ2) is 8.25. The van der Waals surface area contributed by atoms with Gasteiger partial charge in [-0.2, -0.15) is 0 Å². The predicted molar refractivity (Wildman–Crippen MR) is 136 cm³/mol. The smallest absolute Gasteiger partial charge is 0.143 e. The Morgan fingerprint density at radius 2 is 1.06 bits per heavy atom. The molecule has 0 saturated heterocycles. The van der Waals surface area contributed by atoms with Gasteiger partial charge in [-0.3, -0.25) is 4.98 Å². The van der Waals surface area contributed by atoms with Crippen molar-refractivity contribution in [2.24, 2.45) is 0 Å². The molecule has 2 heteroatoms. The molecular weight excluding hydrogens is 402 g/mol. The molecule has 0 atom stereocenters. The van der Waals surface area contributed by atoms with Crippen LogP contribution in [0.4, 0.5) is 0 Å². The summed E-state index contributed by atoms with van der Waals surface area (Å²) in [4.78, 5) is 4.85. The van der Waals surface area contributed by atoms with E-state index >= 15 is 0 Å². The molecule has 0 amide bonds. The van der Waals surface area contributed by atoms with Crippen LogP contribution < -0.4 is 0 Å². The Kier molecular flexibility index (Phi) is 4.82. The van der Waals surface area contributed by atoms with Crippen LogP contribution in [-0.4, -0.2) is 4.98 Å². The van der Waals surface area contributed by atoms with Gasteiger partial charge in [0.05, 0.1) is 5.69 Å². The van der Waals surface area contributed by atoms with Crippen molar-refractivity contribution in [1.82, 2.24) is 4.98 Å². The molecule has 0 spiro atoms. The molecular formula is C31H21NO. The SMILES string of the molecule is c1ccc(-c2cccc(-c3cc4oc(-c5ccccc5)c(-c5ccccc5)c4cn3)c2)cc1. The average Bonchev–Trinajstić information content (AvgIpc) is 3.29. The lowest BCUT2D eigenvalue weighted by Gasteiger charge is -2.06. The van der Waals surface area contributed by atoms with Gasteiger partial charge in [0.2, 0.25) is 0 Å². The van der Waals surface area contributed by atoms with Gasteiger partial charge in [-0.05, 0) is 22.8 Å². The quantitative estimate of drug-likeness (QED) is 0.284. The molecule has 0 aliphatic rings. The summed E-state index contributed by atoms with van der Waals surface area (Å²) in [6.45, 7) is 0. The van der Waals surface area contributed by atoms with Gasteiger partial charge < -0.3 is 4.42 Å². The van der Waals surface area contributed by atoms with Gasteiger partial charge in [-0.25, -0.2) is 0 Å². The van der Waals surface area contributed by atoms with Crippen LogP contribution in [0.5, 0.6) is 0 Å². The van der Waals surface area contributed by atoms with E-state index in [0.717, 1.165) is 44.7 Å². The number of nitrogens with zero attached hydrogens (tertiary/aromatic N) is 1. The molecule has 4 aromatic carbocycles. The number of rotatable bonds is 4.